The topological polar surface area (TPSA) is 30.5 Å². The summed E-state index contributed by atoms with van der Waals surface area (Å²) in [5.74, 6) is 0. The summed E-state index contributed by atoms with van der Waals surface area (Å²) in [6.07, 6.45) is 0.840. The molecule has 1 N–H and O–H groups in total. The molecular weight excluding hydrogens is 129 g/mol. The zero-order chi connectivity index (χ0) is 6.97. The van der Waals surface area contributed by atoms with E-state index in [0.29, 0.717) is 12.6 Å². The summed E-state index contributed by atoms with van der Waals surface area (Å²) in [5, 5.41) is 3.27. The van der Waals surface area contributed by atoms with Crippen molar-refractivity contribution in [2.24, 2.45) is 0 Å². The number of hydrogen-bond acceptors (Lipinski definition) is 3. The van der Waals surface area contributed by atoms with E-state index in [4.69, 9.17) is 17.3 Å². The second kappa shape index (κ2) is 2.53. The lowest BCUT2D eigenvalue weighted by Gasteiger charge is -2.30. The Kier molecular flexibility index (Phi) is 1.68. The molecule has 3 unspecified atom stereocenters. The first kappa shape index (κ1) is 6.64. The van der Waals surface area contributed by atoms with Gasteiger partial charge in [0.1, 0.15) is 14.0 Å². The van der Waals surface area contributed by atoms with Crippen LogP contribution in [-0.4, -0.2) is 39.3 Å². The van der Waals surface area contributed by atoms with Crippen LogP contribution < -0.4 is 5.32 Å². The van der Waals surface area contributed by atoms with Gasteiger partial charge in [-0.2, -0.15) is 0 Å². The van der Waals surface area contributed by atoms with Gasteiger partial charge in [-0.1, -0.05) is 0 Å². The van der Waals surface area contributed by atoms with E-state index in [2.05, 4.69) is 5.32 Å². The van der Waals surface area contributed by atoms with E-state index in [-0.39, 0.29) is 6.10 Å². The minimum absolute atomic E-state index is 0.281. The van der Waals surface area contributed by atoms with Crippen molar-refractivity contribution in [1.82, 2.24) is 5.32 Å². The van der Waals surface area contributed by atoms with E-state index in [1.54, 1.807) is 0 Å². The Morgan fingerprint density at radius 2 is 2.40 bits per heavy atom. The van der Waals surface area contributed by atoms with Gasteiger partial charge in [0.15, 0.2) is 0 Å². The van der Waals surface area contributed by atoms with Crippen LogP contribution in [0.1, 0.15) is 6.42 Å². The molecule has 2 aliphatic rings. The summed E-state index contributed by atoms with van der Waals surface area (Å²) < 4.78 is 10.4. The lowest BCUT2D eigenvalue weighted by atomic mass is 10.1. The Hall–Kier alpha value is -0.0551. The van der Waals surface area contributed by atoms with Crippen molar-refractivity contribution in [1.29, 1.82) is 0 Å². The molecule has 2 radical (unpaired) electrons. The van der Waals surface area contributed by atoms with Crippen molar-refractivity contribution in [2.75, 3.05) is 13.2 Å². The molecule has 0 bridgehead atoms. The Labute approximate surface area is 61.5 Å². The lowest BCUT2D eigenvalue weighted by molar-refractivity contribution is -0.172. The third kappa shape index (κ3) is 1.07. The molecule has 2 fully saturated rings. The highest BCUT2D eigenvalue weighted by molar-refractivity contribution is 6.10. The zero-order valence-corrected chi connectivity index (χ0v) is 5.75. The molecule has 4 heteroatoms. The van der Waals surface area contributed by atoms with Gasteiger partial charge in [0.25, 0.3) is 0 Å². The summed E-state index contributed by atoms with van der Waals surface area (Å²) in [7, 11) is 5.42. The molecule has 0 aromatic heterocycles. The van der Waals surface area contributed by atoms with E-state index in [9.17, 15) is 0 Å². The monoisotopic (exact) mass is 139 g/mol. The van der Waals surface area contributed by atoms with Crippen LogP contribution in [0.4, 0.5) is 0 Å². The molecule has 2 saturated heterocycles. The molecule has 2 aliphatic heterocycles. The lowest BCUT2D eigenvalue weighted by Crippen LogP contribution is -2.45. The summed E-state index contributed by atoms with van der Waals surface area (Å²) in [6.45, 7) is 1.71. The fourth-order valence-corrected chi connectivity index (χ4v) is 1.48. The first-order valence-corrected chi connectivity index (χ1v) is 3.62. The average Bonchev–Trinajstić information content (AvgIpc) is 2.33. The van der Waals surface area contributed by atoms with E-state index in [0.717, 1.165) is 13.0 Å². The Morgan fingerprint density at radius 1 is 1.50 bits per heavy atom. The average molecular weight is 139 g/mol. The number of nitrogens with one attached hydrogen (secondary N) is 1. The molecule has 0 saturated carbocycles. The molecule has 2 rings (SSSR count). The fraction of sp³-hybridized carbons (Fsp3) is 1.00. The molecule has 3 atom stereocenters. The van der Waals surface area contributed by atoms with E-state index in [1.807, 2.05) is 0 Å². The predicted molar refractivity (Wildman–Crippen MR) is 36.8 cm³/mol. The van der Waals surface area contributed by atoms with Crippen molar-refractivity contribution < 1.29 is 9.47 Å². The molecule has 0 aromatic carbocycles. The minimum atomic E-state index is -0.499. The normalized spacial score (nSPS) is 47.0. The Balaban J connectivity index is 1.96. The SMILES string of the molecule is [B]C1OCC2NCCC2O1. The standard InChI is InChI=1S/C6H10BNO2/c7-6-9-3-4-5(10-6)1-2-8-4/h4-6,8H,1-3H2. The highest BCUT2D eigenvalue weighted by atomic mass is 16.7. The first-order valence-electron chi connectivity index (χ1n) is 3.62. The van der Waals surface area contributed by atoms with Gasteiger partial charge in [-0.05, 0) is 13.0 Å². The van der Waals surface area contributed by atoms with Gasteiger partial charge in [-0.15, -0.1) is 0 Å². The van der Waals surface area contributed by atoms with Crippen LogP contribution in [0.3, 0.4) is 0 Å². The van der Waals surface area contributed by atoms with Gasteiger partial charge >= 0.3 is 0 Å². The predicted octanol–water partition coefficient (Wildman–Crippen LogP) is -0.784. The van der Waals surface area contributed by atoms with Crippen LogP contribution in [-0.2, 0) is 9.47 Å². The van der Waals surface area contributed by atoms with Crippen LogP contribution in [0.5, 0.6) is 0 Å². The summed E-state index contributed by atoms with van der Waals surface area (Å²) in [4.78, 5) is 0. The molecule has 0 aliphatic carbocycles. The largest absolute Gasteiger partial charge is 0.360 e. The zero-order valence-electron chi connectivity index (χ0n) is 5.75. The minimum Gasteiger partial charge on any atom is -0.360 e. The highest BCUT2D eigenvalue weighted by Gasteiger charge is 2.32. The summed E-state index contributed by atoms with van der Waals surface area (Å²) in [6, 6.07) is 0.375. The molecule has 2 heterocycles. The number of fused-ring (bicyclic) bond motifs is 1. The van der Waals surface area contributed by atoms with Crippen molar-refractivity contribution in [3.63, 3.8) is 0 Å². The van der Waals surface area contributed by atoms with Crippen LogP contribution in [0.25, 0.3) is 0 Å². The quantitative estimate of drug-likeness (QED) is 0.446. The molecule has 0 amide bonds. The third-order valence-corrected chi connectivity index (χ3v) is 2.03. The van der Waals surface area contributed by atoms with Gasteiger partial charge in [0.2, 0.25) is 0 Å². The van der Waals surface area contributed by atoms with Crippen molar-refractivity contribution in [3.8, 4) is 0 Å². The molecule has 0 aromatic rings. The highest BCUT2D eigenvalue weighted by Crippen LogP contribution is 2.18. The van der Waals surface area contributed by atoms with Crippen molar-refractivity contribution in [3.05, 3.63) is 0 Å². The van der Waals surface area contributed by atoms with Gasteiger partial charge in [0, 0.05) is 0 Å². The second-order valence-corrected chi connectivity index (χ2v) is 2.73. The maximum atomic E-state index is 5.42. The molecule has 3 nitrogen and oxygen atoms in total. The van der Waals surface area contributed by atoms with Gasteiger partial charge in [-0.3, -0.25) is 0 Å². The summed E-state index contributed by atoms with van der Waals surface area (Å²) >= 11 is 0. The molecule has 0 spiro atoms. The third-order valence-electron chi connectivity index (χ3n) is 2.03. The Morgan fingerprint density at radius 3 is 3.30 bits per heavy atom. The van der Waals surface area contributed by atoms with Crippen LogP contribution in [0, 0.1) is 0 Å². The maximum absolute atomic E-state index is 5.42. The first-order chi connectivity index (χ1) is 4.86. The van der Waals surface area contributed by atoms with Gasteiger partial charge in [0.05, 0.1) is 18.8 Å². The molecular formula is C6H10BNO2. The van der Waals surface area contributed by atoms with Crippen molar-refractivity contribution >= 4 is 7.85 Å². The number of rotatable bonds is 0. The van der Waals surface area contributed by atoms with Crippen LogP contribution >= 0.6 is 0 Å². The van der Waals surface area contributed by atoms with Crippen molar-refractivity contribution in [2.45, 2.75) is 24.8 Å². The second-order valence-electron chi connectivity index (χ2n) is 2.73. The maximum Gasteiger partial charge on any atom is 0.149 e. The Bertz CT molecular complexity index is 133. The van der Waals surface area contributed by atoms with Gasteiger partial charge in [-0.25, -0.2) is 0 Å². The smallest absolute Gasteiger partial charge is 0.149 e. The van der Waals surface area contributed by atoms with E-state index >= 15 is 0 Å². The number of hydrogen-bond donors (Lipinski definition) is 1. The summed E-state index contributed by atoms with van der Waals surface area (Å²) in [5.41, 5.74) is 0. The van der Waals surface area contributed by atoms with E-state index < -0.39 is 6.19 Å². The van der Waals surface area contributed by atoms with E-state index in [1.165, 1.54) is 0 Å². The fourth-order valence-electron chi connectivity index (χ4n) is 1.48. The van der Waals surface area contributed by atoms with Crippen LogP contribution in [0.2, 0.25) is 0 Å². The number of ether oxygens (including phenoxy) is 2. The van der Waals surface area contributed by atoms with Gasteiger partial charge < -0.3 is 14.8 Å². The molecule has 10 heavy (non-hydrogen) atoms. The molecule has 54 valence electrons. The van der Waals surface area contributed by atoms with Crippen LogP contribution in [0.15, 0.2) is 0 Å².